The number of nitrogens with one attached hydrogen (secondary N) is 1. The van der Waals surface area contributed by atoms with Crippen molar-refractivity contribution in [2.75, 3.05) is 10.2 Å². The molecule has 3 aliphatic heterocycles. The van der Waals surface area contributed by atoms with Crippen LogP contribution in [0.4, 0.5) is 11.4 Å². The monoisotopic (exact) mass is 575 g/mol. The molecule has 0 saturated carbocycles. The minimum atomic E-state index is -1.33. The first-order valence-electron chi connectivity index (χ1n) is 12.7. The molecule has 0 radical (unpaired) electrons. The lowest BCUT2D eigenvalue weighted by Crippen LogP contribution is -2.51. The van der Waals surface area contributed by atoms with E-state index in [1.807, 2.05) is 77.7 Å². The van der Waals surface area contributed by atoms with Crippen molar-refractivity contribution >= 4 is 50.9 Å². The highest BCUT2D eigenvalue weighted by Gasteiger charge is 2.70. The van der Waals surface area contributed by atoms with E-state index in [9.17, 15) is 14.4 Å². The van der Waals surface area contributed by atoms with Crippen LogP contribution in [-0.4, -0.2) is 34.5 Å². The molecule has 3 aliphatic rings. The van der Waals surface area contributed by atoms with Gasteiger partial charge in [0.2, 0.25) is 5.91 Å². The number of halogens is 1. The van der Waals surface area contributed by atoms with E-state index in [0.717, 1.165) is 21.3 Å². The van der Waals surface area contributed by atoms with Gasteiger partial charge in [-0.15, -0.1) is 0 Å². The molecule has 4 atom stereocenters. The highest BCUT2D eigenvalue weighted by molar-refractivity contribution is 9.10. The molecule has 1 spiro atoms. The van der Waals surface area contributed by atoms with E-state index in [1.54, 1.807) is 30.5 Å². The van der Waals surface area contributed by atoms with E-state index in [-0.39, 0.29) is 17.5 Å². The summed E-state index contributed by atoms with van der Waals surface area (Å²) in [4.78, 5) is 49.6. The van der Waals surface area contributed by atoms with Crippen molar-refractivity contribution in [3.63, 3.8) is 0 Å². The second kappa shape index (κ2) is 8.85. The van der Waals surface area contributed by atoms with Gasteiger partial charge in [-0.3, -0.25) is 19.4 Å². The number of carbonyl (C=O) groups is 3. The summed E-state index contributed by atoms with van der Waals surface area (Å²) in [6, 6.07) is 24.3. The van der Waals surface area contributed by atoms with E-state index in [4.69, 9.17) is 0 Å². The number of hydrogen-bond acceptors (Lipinski definition) is 5. The number of amides is 1. The number of benzene rings is 3. The standard InChI is InChI=1S/C32H22BrN3O3/c33-22-14-11-20(12-15-22)30(38)28-27(29(37)21-7-5-17-34-18-21)32(23-8-2-3-9-24(23)35-31(32)39)26-16-13-19-6-1-4-10-25(19)36(26)28/h1-18,26-28H,(H,35,39). The Bertz CT molecular complexity index is 1680. The van der Waals surface area contributed by atoms with Gasteiger partial charge in [-0.2, -0.15) is 0 Å². The molecule has 1 saturated heterocycles. The van der Waals surface area contributed by atoms with E-state index < -0.39 is 23.4 Å². The number of fused-ring (bicyclic) bond motifs is 6. The third-order valence-corrected chi connectivity index (χ3v) is 8.70. The number of ketones is 2. The third-order valence-electron chi connectivity index (χ3n) is 8.17. The normalized spacial score (nSPS) is 24.2. The van der Waals surface area contributed by atoms with Gasteiger partial charge in [-0.1, -0.05) is 76.6 Å². The SMILES string of the molecule is O=C(c1ccc(Br)cc1)C1C(C(=O)c2cccnc2)C2(C(=O)Nc3ccccc32)C2C=Cc3ccccc3N12. The Kier molecular flexibility index (Phi) is 5.39. The molecule has 1 N–H and O–H groups in total. The summed E-state index contributed by atoms with van der Waals surface area (Å²) in [6.07, 6.45) is 7.08. The predicted molar refractivity (Wildman–Crippen MR) is 153 cm³/mol. The minimum absolute atomic E-state index is 0.214. The molecule has 1 fully saturated rings. The molecule has 0 bridgehead atoms. The molecule has 4 aromatic rings. The number of nitrogens with zero attached hydrogens (tertiary/aromatic N) is 2. The fraction of sp³-hybridized carbons (Fsp3) is 0.125. The van der Waals surface area contributed by atoms with Gasteiger partial charge in [0.05, 0.1) is 12.0 Å². The van der Waals surface area contributed by atoms with Gasteiger partial charge in [0.25, 0.3) is 0 Å². The topological polar surface area (TPSA) is 79.4 Å². The highest BCUT2D eigenvalue weighted by atomic mass is 79.9. The lowest BCUT2D eigenvalue weighted by atomic mass is 9.64. The number of pyridine rings is 1. The van der Waals surface area contributed by atoms with Crippen molar-refractivity contribution in [2.45, 2.75) is 17.5 Å². The quantitative estimate of drug-likeness (QED) is 0.316. The van der Waals surface area contributed by atoms with E-state index in [0.29, 0.717) is 16.8 Å². The van der Waals surface area contributed by atoms with Crippen LogP contribution in [0, 0.1) is 5.92 Å². The molecule has 3 aromatic carbocycles. The smallest absolute Gasteiger partial charge is 0.238 e. The molecule has 7 heteroatoms. The summed E-state index contributed by atoms with van der Waals surface area (Å²) >= 11 is 3.45. The van der Waals surface area contributed by atoms with Crippen molar-refractivity contribution in [1.29, 1.82) is 0 Å². The summed E-state index contributed by atoms with van der Waals surface area (Å²) in [5.41, 5.74) is 2.64. The van der Waals surface area contributed by atoms with Crippen molar-refractivity contribution in [3.05, 3.63) is 130 Å². The maximum Gasteiger partial charge on any atom is 0.238 e. The van der Waals surface area contributed by atoms with Crippen LogP contribution in [0.15, 0.2) is 108 Å². The average Bonchev–Trinajstić information content (AvgIpc) is 3.45. The molecule has 0 aliphatic carbocycles. The van der Waals surface area contributed by atoms with Crippen LogP contribution in [0.25, 0.3) is 6.08 Å². The lowest BCUT2D eigenvalue weighted by molar-refractivity contribution is -0.121. The first kappa shape index (κ1) is 23.7. The summed E-state index contributed by atoms with van der Waals surface area (Å²) in [5.74, 6) is -1.79. The number of anilines is 2. The number of aromatic nitrogens is 1. The second-order valence-electron chi connectivity index (χ2n) is 10.0. The van der Waals surface area contributed by atoms with Crippen molar-refractivity contribution in [2.24, 2.45) is 5.92 Å². The molecule has 1 amide bonds. The molecule has 39 heavy (non-hydrogen) atoms. The van der Waals surface area contributed by atoms with Gasteiger partial charge < -0.3 is 10.2 Å². The average molecular weight is 576 g/mol. The number of hydrogen-bond donors (Lipinski definition) is 1. The largest absolute Gasteiger partial charge is 0.352 e. The van der Waals surface area contributed by atoms with E-state index in [2.05, 4.69) is 26.2 Å². The van der Waals surface area contributed by atoms with Crippen LogP contribution in [0.2, 0.25) is 0 Å². The predicted octanol–water partition coefficient (Wildman–Crippen LogP) is 5.70. The van der Waals surface area contributed by atoms with Gasteiger partial charge in [0.15, 0.2) is 11.6 Å². The molecule has 4 heterocycles. The molecule has 1 aromatic heterocycles. The lowest BCUT2D eigenvalue weighted by Gasteiger charge is -2.37. The summed E-state index contributed by atoms with van der Waals surface area (Å²) in [7, 11) is 0. The van der Waals surface area contributed by atoms with Crippen LogP contribution in [0.1, 0.15) is 31.8 Å². The van der Waals surface area contributed by atoms with Gasteiger partial charge in [-0.25, -0.2) is 0 Å². The number of carbonyl (C=O) groups excluding carboxylic acids is 3. The number of rotatable bonds is 4. The molecular formula is C32H22BrN3O3. The van der Waals surface area contributed by atoms with E-state index in [1.165, 1.54) is 6.20 Å². The van der Waals surface area contributed by atoms with Gasteiger partial charge in [0.1, 0.15) is 11.5 Å². The molecule has 190 valence electrons. The zero-order valence-electron chi connectivity index (χ0n) is 20.6. The van der Waals surface area contributed by atoms with Crippen LogP contribution >= 0.6 is 15.9 Å². The van der Waals surface area contributed by atoms with Gasteiger partial charge in [-0.05, 0) is 47.5 Å². The van der Waals surface area contributed by atoms with Crippen LogP contribution in [0.3, 0.4) is 0 Å². The minimum Gasteiger partial charge on any atom is -0.352 e. The first-order chi connectivity index (χ1) is 19.0. The first-order valence-corrected chi connectivity index (χ1v) is 13.5. The Labute approximate surface area is 233 Å². The van der Waals surface area contributed by atoms with Crippen molar-refractivity contribution in [3.8, 4) is 0 Å². The summed E-state index contributed by atoms with van der Waals surface area (Å²) in [6.45, 7) is 0. The van der Waals surface area contributed by atoms with Crippen LogP contribution in [0.5, 0.6) is 0 Å². The Morgan fingerprint density at radius 1 is 0.872 bits per heavy atom. The Morgan fingerprint density at radius 3 is 2.44 bits per heavy atom. The maximum atomic E-state index is 14.6. The summed E-state index contributed by atoms with van der Waals surface area (Å²) in [5, 5.41) is 3.05. The third kappa shape index (κ3) is 3.32. The Hall–Kier alpha value is -4.36. The van der Waals surface area contributed by atoms with Crippen molar-refractivity contribution < 1.29 is 14.4 Å². The number of para-hydroxylation sites is 2. The maximum absolute atomic E-state index is 14.6. The highest BCUT2D eigenvalue weighted by Crippen LogP contribution is 2.58. The second-order valence-corrected chi connectivity index (χ2v) is 11.0. The van der Waals surface area contributed by atoms with Crippen LogP contribution in [-0.2, 0) is 10.2 Å². The number of Topliss-reactive ketones (excluding diaryl/α,β-unsaturated/α-hetero) is 2. The van der Waals surface area contributed by atoms with E-state index >= 15 is 0 Å². The Balaban J connectivity index is 1.54. The van der Waals surface area contributed by atoms with Crippen molar-refractivity contribution in [1.82, 2.24) is 4.98 Å². The zero-order valence-corrected chi connectivity index (χ0v) is 22.2. The molecule has 6 nitrogen and oxygen atoms in total. The zero-order chi connectivity index (χ0) is 26.7. The fourth-order valence-corrected chi connectivity index (χ4v) is 6.86. The summed E-state index contributed by atoms with van der Waals surface area (Å²) < 4.78 is 0.846. The van der Waals surface area contributed by atoms with Crippen LogP contribution < -0.4 is 10.2 Å². The van der Waals surface area contributed by atoms with Gasteiger partial charge >= 0.3 is 0 Å². The molecule has 7 rings (SSSR count). The van der Waals surface area contributed by atoms with Gasteiger partial charge in [0, 0.05) is 39.4 Å². The molecular weight excluding hydrogens is 554 g/mol. The fourth-order valence-electron chi connectivity index (χ4n) is 6.59. The Morgan fingerprint density at radius 2 is 1.64 bits per heavy atom. The molecule has 4 unspecified atom stereocenters.